The molecule has 31 heteroatoms. The van der Waals surface area contributed by atoms with Crippen LogP contribution in [0.5, 0.6) is 5.75 Å². The summed E-state index contributed by atoms with van der Waals surface area (Å²) in [5, 5.41) is 72.0. The Balaban J connectivity index is 0.819. The lowest BCUT2D eigenvalue weighted by atomic mass is 9.91. The number of hydrogen-bond donors (Lipinski definition) is 9. The molecule has 3 aromatic heterocycles. The Morgan fingerprint density at radius 3 is 2.30 bits per heavy atom. The van der Waals surface area contributed by atoms with Crippen molar-refractivity contribution in [2.75, 3.05) is 62.5 Å². The Morgan fingerprint density at radius 1 is 0.840 bits per heavy atom. The number of hydrogen-bond acceptors (Lipinski definition) is 23. The number of carboxylic acids is 2. The molecule has 2 aliphatic rings. The number of halogens is 1. The smallest absolute Gasteiger partial charge is 0.410 e. The number of para-hydroxylation sites is 1. The molecule has 8 rings (SSSR count). The van der Waals surface area contributed by atoms with Gasteiger partial charge < -0.3 is 75.5 Å². The van der Waals surface area contributed by atoms with Crippen molar-refractivity contribution >= 4 is 108 Å². The van der Waals surface area contributed by atoms with Crippen LogP contribution in [-0.4, -0.2) is 193 Å². The number of carboxylic acid groups (broad SMARTS) is 2. The Labute approximate surface area is 546 Å². The summed E-state index contributed by atoms with van der Waals surface area (Å²) in [6.07, 6.45) is -6.86. The standard InChI is InChI=1S/C63H70FN11O17S2/c1-33(2)50(68-47(76)23-27-89-28-25-75-48(77)21-22-49(75)78)58(83)65-35(4)57(82)66-39-18-16-38(37(31-39)17-20-43-52(79)53(80)54(81)55(92-43)60(86)87)32-91-63(88)73(5)24-9-11-36-15-19-42(40(64)30-36)90-26-10-14-45-51(59(84)85)69-62(94-45)74(6)46-29-34(3)56(72-71-46)70-61-67-41-12-7-8-13-44(41)93-61/h7-8,12-13,15-16,18-19,21-22,29-31,33,35,43,50,52-55,79-81H,10,14,17,20,23-28,32H2,1-6H3,(H,65,83)(H,66,82)(H,68,76)(H,84,85)(H,86,87)(H,67,70,72)/t35-,43-,50-,52-,53+,54-,55-/m0/s1. The Hall–Kier alpha value is -9.55. The molecular formula is C63H70FN11O17S2. The molecule has 0 radical (unpaired) electrons. The van der Waals surface area contributed by atoms with E-state index in [4.69, 9.17) is 18.9 Å². The molecule has 3 aromatic carbocycles. The summed E-state index contributed by atoms with van der Waals surface area (Å²) in [5.74, 6) is -0.210. The van der Waals surface area contributed by atoms with Gasteiger partial charge >= 0.3 is 18.0 Å². The molecule has 6 aromatic rings. The number of imide groups is 1. The number of ether oxygens (including phenoxy) is 4. The summed E-state index contributed by atoms with van der Waals surface area (Å²) >= 11 is 2.66. The summed E-state index contributed by atoms with van der Waals surface area (Å²) in [5.41, 5.74) is 2.78. The lowest BCUT2D eigenvalue weighted by molar-refractivity contribution is -0.228. The highest BCUT2D eigenvalue weighted by molar-refractivity contribution is 7.22. The minimum atomic E-state index is -1.92. The lowest BCUT2D eigenvalue weighted by Crippen LogP contribution is -2.59. The Kier molecular flexibility index (Phi) is 24.2. The quantitative estimate of drug-likeness (QED) is 0.0176. The third kappa shape index (κ3) is 18.4. The number of amides is 6. The monoisotopic (exact) mass is 1340 g/mol. The highest BCUT2D eigenvalue weighted by Gasteiger charge is 2.46. The van der Waals surface area contributed by atoms with E-state index >= 15 is 4.39 Å². The first kappa shape index (κ1) is 70.3. The van der Waals surface area contributed by atoms with Crippen molar-refractivity contribution in [3.05, 3.63) is 118 Å². The van der Waals surface area contributed by atoms with Gasteiger partial charge in [-0.25, -0.2) is 28.7 Å². The maximum Gasteiger partial charge on any atom is 0.410 e. The number of aryl methyl sites for hydroxylation is 3. The molecular weight excluding hydrogens is 1270 g/mol. The van der Waals surface area contributed by atoms with Gasteiger partial charge in [-0.2, -0.15) is 0 Å². The first-order valence-corrected chi connectivity index (χ1v) is 31.3. The van der Waals surface area contributed by atoms with Crippen molar-refractivity contribution < 1.29 is 87.2 Å². The summed E-state index contributed by atoms with van der Waals surface area (Å²) in [6.45, 7) is 6.12. The number of benzene rings is 3. The van der Waals surface area contributed by atoms with Crippen molar-refractivity contribution in [1.82, 2.24) is 40.6 Å². The van der Waals surface area contributed by atoms with Crippen LogP contribution in [0.1, 0.15) is 77.7 Å². The van der Waals surface area contributed by atoms with Crippen LogP contribution in [-0.2, 0) is 62.4 Å². The first-order valence-electron chi connectivity index (χ1n) is 29.6. The van der Waals surface area contributed by atoms with Crippen molar-refractivity contribution in [1.29, 1.82) is 0 Å². The van der Waals surface area contributed by atoms with E-state index in [0.29, 0.717) is 44.3 Å². The number of rotatable bonds is 29. The van der Waals surface area contributed by atoms with E-state index < -0.39 is 102 Å². The van der Waals surface area contributed by atoms with Crippen LogP contribution in [0.25, 0.3) is 10.2 Å². The maximum absolute atomic E-state index is 15.3. The van der Waals surface area contributed by atoms with Gasteiger partial charge in [0.25, 0.3) is 11.8 Å². The summed E-state index contributed by atoms with van der Waals surface area (Å²) in [6, 6.07) is 16.0. The minimum Gasteiger partial charge on any atom is -0.491 e. The molecule has 1 saturated heterocycles. The van der Waals surface area contributed by atoms with E-state index in [1.807, 2.05) is 31.2 Å². The third-order valence-electron chi connectivity index (χ3n) is 14.9. The SMILES string of the molecule is Cc1cc(N(C)c2nc(C(=O)O)c(CCCOc3ccc(C#CCN(C)C(=O)OCc4ccc(NC(=O)[C@H](C)NC(=O)[C@@H](NC(=O)CCOCCN5C(=O)C=CC5=O)C(C)C)cc4CC[C@@H]4O[C@H](C(=O)O)[C@@H](O)[C@H](O)[C@H]4O)cc3F)s2)nnc1Nc1nc2ccccc2s1. The van der Waals surface area contributed by atoms with Crippen LogP contribution < -0.4 is 30.9 Å². The number of aliphatic carboxylic acids is 1. The molecule has 9 N–H and O–H groups in total. The number of nitrogens with zero attached hydrogens (tertiary/aromatic N) is 7. The van der Waals surface area contributed by atoms with Crippen molar-refractivity contribution in [2.24, 2.45) is 5.92 Å². The first-order chi connectivity index (χ1) is 44.8. The number of anilines is 5. The van der Waals surface area contributed by atoms with Crippen LogP contribution >= 0.6 is 22.7 Å². The number of thiazole rings is 2. The fraction of sp³-hybridized carbons (Fsp3) is 0.397. The van der Waals surface area contributed by atoms with Gasteiger partial charge in [0.15, 0.2) is 45.3 Å². The van der Waals surface area contributed by atoms with Gasteiger partial charge in [-0.1, -0.05) is 55.2 Å². The van der Waals surface area contributed by atoms with Crippen LogP contribution in [0.3, 0.4) is 0 Å². The topological polar surface area (TPSA) is 384 Å². The number of fused-ring (bicyclic) bond motifs is 1. The number of nitrogens with one attached hydrogen (secondary N) is 4. The Bertz CT molecular complexity index is 3840. The highest BCUT2D eigenvalue weighted by Crippen LogP contribution is 2.34. The molecule has 28 nitrogen and oxygen atoms in total. The van der Waals surface area contributed by atoms with E-state index in [9.17, 15) is 63.9 Å². The number of aliphatic hydroxyl groups excluding tert-OH is 3. The lowest BCUT2D eigenvalue weighted by Gasteiger charge is -2.39. The average Bonchev–Trinajstić information content (AvgIpc) is 1.23. The minimum absolute atomic E-state index is 0.00144. The van der Waals surface area contributed by atoms with Gasteiger partial charge in [0.1, 0.15) is 37.0 Å². The van der Waals surface area contributed by atoms with Gasteiger partial charge in [-0.05, 0) is 111 Å². The van der Waals surface area contributed by atoms with Crippen molar-refractivity contribution in [2.45, 2.75) is 109 Å². The maximum atomic E-state index is 15.3. The number of aromatic carboxylic acids is 1. The summed E-state index contributed by atoms with van der Waals surface area (Å²) in [4.78, 5) is 114. The number of aliphatic hydroxyl groups is 3. The zero-order valence-electron chi connectivity index (χ0n) is 51.9. The number of aromatic nitrogens is 4. The normalized spacial score (nSPS) is 17.4. The van der Waals surface area contributed by atoms with Gasteiger partial charge in [-0.3, -0.25) is 28.9 Å². The fourth-order valence-corrected chi connectivity index (χ4v) is 11.6. The van der Waals surface area contributed by atoms with Crippen LogP contribution in [0, 0.1) is 30.5 Å². The van der Waals surface area contributed by atoms with E-state index in [2.05, 4.69) is 53.3 Å². The molecule has 1 fully saturated rings. The van der Waals surface area contributed by atoms with E-state index in [0.717, 1.165) is 43.8 Å². The van der Waals surface area contributed by atoms with Crippen molar-refractivity contribution in [3.63, 3.8) is 0 Å². The second-order valence-corrected chi connectivity index (χ2v) is 24.3. The van der Waals surface area contributed by atoms with Gasteiger partial charge in [-0.15, -0.1) is 21.5 Å². The van der Waals surface area contributed by atoms with Crippen molar-refractivity contribution in [3.8, 4) is 17.6 Å². The summed E-state index contributed by atoms with van der Waals surface area (Å²) < 4.78 is 38.6. The molecule has 0 aliphatic carbocycles. The second-order valence-electron chi connectivity index (χ2n) is 22.2. The third-order valence-corrected chi connectivity index (χ3v) is 17.1. The van der Waals surface area contributed by atoms with Gasteiger partial charge in [0, 0.05) is 48.8 Å². The predicted octanol–water partition coefficient (Wildman–Crippen LogP) is 4.61. The molecule has 498 valence electrons. The molecule has 5 heterocycles. The zero-order valence-corrected chi connectivity index (χ0v) is 53.5. The Morgan fingerprint density at radius 2 is 1.60 bits per heavy atom. The molecule has 0 saturated carbocycles. The molecule has 0 unspecified atom stereocenters. The average molecular weight is 1340 g/mol. The van der Waals surface area contributed by atoms with Gasteiger partial charge in [0.2, 0.25) is 17.7 Å². The molecule has 2 aliphatic heterocycles. The highest BCUT2D eigenvalue weighted by atomic mass is 32.1. The fourth-order valence-electron chi connectivity index (χ4n) is 9.63. The molecule has 0 bridgehead atoms. The van der Waals surface area contributed by atoms with Crippen LogP contribution in [0.2, 0.25) is 0 Å². The van der Waals surface area contributed by atoms with E-state index in [1.165, 1.54) is 67.0 Å². The molecule has 94 heavy (non-hydrogen) atoms. The van der Waals surface area contributed by atoms with Crippen LogP contribution in [0.4, 0.5) is 36.8 Å². The molecule has 6 amide bonds. The number of carbonyl (C=O) groups is 8. The summed E-state index contributed by atoms with van der Waals surface area (Å²) in [7, 11) is 3.12. The van der Waals surface area contributed by atoms with E-state index in [1.54, 1.807) is 31.9 Å². The second kappa shape index (κ2) is 32.3. The number of carbonyl (C=O) groups excluding carboxylic acids is 6. The van der Waals surface area contributed by atoms with Gasteiger partial charge in [0.05, 0.1) is 49.2 Å². The molecule has 7 atom stereocenters. The van der Waals surface area contributed by atoms with E-state index in [-0.39, 0.29) is 87.9 Å². The predicted molar refractivity (Wildman–Crippen MR) is 340 cm³/mol. The molecule has 0 spiro atoms. The van der Waals surface area contributed by atoms with Crippen LogP contribution in [0.15, 0.2) is 78.9 Å². The zero-order chi connectivity index (χ0) is 67.9. The largest absolute Gasteiger partial charge is 0.491 e.